The van der Waals surface area contributed by atoms with Gasteiger partial charge in [-0.05, 0) is 30.9 Å². The van der Waals surface area contributed by atoms with Crippen molar-refractivity contribution in [3.8, 4) is 0 Å². The topological polar surface area (TPSA) is 64.2 Å². The molecule has 23 heavy (non-hydrogen) atoms. The smallest absolute Gasteiger partial charge is 0.239 e. The lowest BCUT2D eigenvalue weighted by Crippen LogP contribution is -2.47. The van der Waals surface area contributed by atoms with Crippen molar-refractivity contribution < 1.29 is 4.79 Å². The zero-order chi connectivity index (χ0) is 16.2. The Labute approximate surface area is 137 Å². The molecule has 0 saturated carbocycles. The van der Waals surface area contributed by atoms with Crippen LogP contribution >= 0.6 is 0 Å². The number of amides is 1. The van der Waals surface area contributed by atoms with E-state index in [2.05, 4.69) is 11.2 Å². The quantitative estimate of drug-likeness (QED) is 0.934. The fourth-order valence-corrected chi connectivity index (χ4v) is 3.37. The molecule has 1 aromatic heterocycles. The number of likely N-dealkylation sites (tertiary alicyclic amines) is 1. The number of carbonyl (C=O) groups is 1. The number of nitrogens with zero attached hydrogens (tertiary/aromatic N) is 3. The fraction of sp³-hybridized carbons (Fsp3) is 0.444. The minimum absolute atomic E-state index is 0.0670. The number of aromatic nitrogens is 2. The third kappa shape index (κ3) is 3.62. The summed E-state index contributed by atoms with van der Waals surface area (Å²) in [5.41, 5.74) is 8.49. The Hall–Kier alpha value is -2.14. The van der Waals surface area contributed by atoms with Gasteiger partial charge in [-0.3, -0.25) is 9.48 Å². The van der Waals surface area contributed by atoms with Crippen LogP contribution in [0.5, 0.6) is 0 Å². The Morgan fingerprint density at radius 2 is 1.96 bits per heavy atom. The molecule has 1 aliphatic rings. The number of carbonyl (C=O) groups excluding carboxylic acids is 1. The van der Waals surface area contributed by atoms with E-state index >= 15 is 0 Å². The van der Waals surface area contributed by atoms with Crippen LogP contribution in [0.4, 0.5) is 0 Å². The van der Waals surface area contributed by atoms with Gasteiger partial charge in [0.1, 0.15) is 0 Å². The number of hydrogen-bond acceptors (Lipinski definition) is 3. The molecule has 1 saturated heterocycles. The van der Waals surface area contributed by atoms with Gasteiger partial charge in [-0.2, -0.15) is 5.10 Å². The van der Waals surface area contributed by atoms with E-state index in [1.54, 1.807) is 0 Å². The first-order chi connectivity index (χ1) is 11.1. The monoisotopic (exact) mass is 312 g/mol. The molecule has 1 aromatic carbocycles. The molecule has 0 aliphatic carbocycles. The molecule has 2 heterocycles. The normalized spacial score (nSPS) is 17.2. The van der Waals surface area contributed by atoms with Crippen LogP contribution in [0.25, 0.3) is 0 Å². The van der Waals surface area contributed by atoms with Gasteiger partial charge in [0.05, 0.1) is 6.04 Å². The average Bonchev–Trinajstić information content (AvgIpc) is 3.01. The molecule has 5 heteroatoms. The highest BCUT2D eigenvalue weighted by atomic mass is 16.2. The Bertz CT molecular complexity index is 644. The average molecular weight is 312 g/mol. The molecule has 0 bridgehead atoms. The summed E-state index contributed by atoms with van der Waals surface area (Å²) < 4.78 is 1.93. The summed E-state index contributed by atoms with van der Waals surface area (Å²) in [4.78, 5) is 14.5. The maximum Gasteiger partial charge on any atom is 0.239 e. The Morgan fingerprint density at radius 1 is 1.26 bits per heavy atom. The molecular formula is C18H24N4O. The van der Waals surface area contributed by atoms with Crippen molar-refractivity contribution in [2.24, 2.45) is 12.8 Å². The van der Waals surface area contributed by atoms with Gasteiger partial charge >= 0.3 is 0 Å². The summed E-state index contributed by atoms with van der Waals surface area (Å²) in [5, 5.41) is 4.24. The van der Waals surface area contributed by atoms with Gasteiger partial charge in [0.15, 0.2) is 0 Å². The third-order valence-corrected chi connectivity index (χ3v) is 4.70. The maximum absolute atomic E-state index is 12.5. The van der Waals surface area contributed by atoms with Crippen LogP contribution in [0.2, 0.25) is 0 Å². The van der Waals surface area contributed by atoms with E-state index < -0.39 is 6.04 Å². The summed E-state index contributed by atoms with van der Waals surface area (Å²) >= 11 is 0. The summed E-state index contributed by atoms with van der Waals surface area (Å²) in [6, 6.07) is 11.6. The summed E-state index contributed by atoms with van der Waals surface area (Å²) in [6.07, 6.45) is 4.39. The zero-order valence-corrected chi connectivity index (χ0v) is 13.6. The van der Waals surface area contributed by atoms with Crippen LogP contribution in [0, 0.1) is 0 Å². The van der Waals surface area contributed by atoms with E-state index in [1.807, 2.05) is 53.2 Å². The van der Waals surface area contributed by atoms with E-state index in [4.69, 9.17) is 5.73 Å². The van der Waals surface area contributed by atoms with Crippen molar-refractivity contribution in [2.45, 2.75) is 31.2 Å². The van der Waals surface area contributed by atoms with Gasteiger partial charge in [0.25, 0.3) is 0 Å². The minimum atomic E-state index is -0.453. The standard InChI is InChI=1S/C18H24N4O/c1-21-17(7-10-20-21)15-8-11-22(12-9-15)18(23)16(19)13-14-5-3-2-4-6-14/h2-7,10,15-16H,8-9,11-13,19H2,1H3. The van der Waals surface area contributed by atoms with Crippen LogP contribution in [0.1, 0.15) is 30.0 Å². The molecule has 1 fully saturated rings. The summed E-state index contributed by atoms with van der Waals surface area (Å²) in [7, 11) is 1.97. The Kier molecular flexibility index (Phi) is 4.76. The first-order valence-electron chi connectivity index (χ1n) is 8.21. The number of benzene rings is 1. The predicted molar refractivity (Wildman–Crippen MR) is 89.9 cm³/mol. The molecule has 1 atom stereocenters. The lowest BCUT2D eigenvalue weighted by Gasteiger charge is -2.33. The molecule has 2 N–H and O–H groups in total. The van der Waals surface area contributed by atoms with Crippen LogP contribution in [0.3, 0.4) is 0 Å². The zero-order valence-electron chi connectivity index (χ0n) is 13.6. The first-order valence-corrected chi connectivity index (χ1v) is 8.21. The van der Waals surface area contributed by atoms with Crippen molar-refractivity contribution in [1.29, 1.82) is 0 Å². The van der Waals surface area contributed by atoms with E-state index in [-0.39, 0.29) is 5.91 Å². The highest BCUT2D eigenvalue weighted by molar-refractivity contribution is 5.82. The van der Waals surface area contributed by atoms with Crippen molar-refractivity contribution in [3.63, 3.8) is 0 Å². The number of rotatable bonds is 4. The second-order valence-electron chi connectivity index (χ2n) is 6.28. The Morgan fingerprint density at radius 3 is 2.57 bits per heavy atom. The van der Waals surface area contributed by atoms with Crippen molar-refractivity contribution in [2.75, 3.05) is 13.1 Å². The lowest BCUT2D eigenvalue weighted by atomic mass is 9.93. The summed E-state index contributed by atoms with van der Waals surface area (Å²) in [5.74, 6) is 0.550. The maximum atomic E-state index is 12.5. The molecule has 5 nitrogen and oxygen atoms in total. The van der Waals surface area contributed by atoms with Crippen LogP contribution in [-0.4, -0.2) is 39.7 Å². The highest BCUT2D eigenvalue weighted by Crippen LogP contribution is 2.27. The summed E-state index contributed by atoms with van der Waals surface area (Å²) in [6.45, 7) is 1.55. The van der Waals surface area contributed by atoms with Gasteiger partial charge in [-0.1, -0.05) is 30.3 Å². The number of hydrogen-bond donors (Lipinski definition) is 1. The lowest BCUT2D eigenvalue weighted by molar-refractivity contribution is -0.133. The minimum Gasteiger partial charge on any atom is -0.341 e. The van der Waals surface area contributed by atoms with Gasteiger partial charge in [0.2, 0.25) is 5.91 Å². The molecule has 2 aromatic rings. The third-order valence-electron chi connectivity index (χ3n) is 4.70. The van der Waals surface area contributed by atoms with E-state index in [0.717, 1.165) is 31.5 Å². The van der Waals surface area contributed by atoms with Crippen molar-refractivity contribution >= 4 is 5.91 Å². The molecular weight excluding hydrogens is 288 g/mol. The van der Waals surface area contributed by atoms with Gasteiger partial charge in [-0.25, -0.2) is 0 Å². The van der Waals surface area contributed by atoms with Crippen molar-refractivity contribution in [3.05, 3.63) is 53.9 Å². The molecule has 0 radical (unpaired) electrons. The molecule has 0 spiro atoms. The Balaban J connectivity index is 1.55. The van der Waals surface area contributed by atoms with Crippen LogP contribution in [-0.2, 0) is 18.3 Å². The second-order valence-corrected chi connectivity index (χ2v) is 6.28. The number of aryl methyl sites for hydroxylation is 1. The number of nitrogens with two attached hydrogens (primary N) is 1. The van der Waals surface area contributed by atoms with Crippen LogP contribution < -0.4 is 5.73 Å². The molecule has 1 aliphatic heterocycles. The van der Waals surface area contributed by atoms with Crippen molar-refractivity contribution in [1.82, 2.24) is 14.7 Å². The predicted octanol–water partition coefficient (Wildman–Crippen LogP) is 1.70. The van der Waals surface area contributed by atoms with Crippen LogP contribution in [0.15, 0.2) is 42.6 Å². The largest absolute Gasteiger partial charge is 0.341 e. The first kappa shape index (κ1) is 15.7. The van der Waals surface area contributed by atoms with E-state index in [9.17, 15) is 4.79 Å². The van der Waals surface area contributed by atoms with E-state index in [1.165, 1.54) is 5.69 Å². The van der Waals surface area contributed by atoms with E-state index in [0.29, 0.717) is 12.3 Å². The molecule has 1 unspecified atom stereocenters. The number of piperidine rings is 1. The molecule has 1 amide bonds. The molecule has 122 valence electrons. The van der Waals surface area contributed by atoms with Gasteiger partial charge in [0, 0.05) is 37.9 Å². The van der Waals surface area contributed by atoms with Gasteiger partial charge < -0.3 is 10.6 Å². The fourth-order valence-electron chi connectivity index (χ4n) is 3.37. The SMILES string of the molecule is Cn1nccc1C1CCN(C(=O)C(N)Cc2ccccc2)CC1. The van der Waals surface area contributed by atoms with Gasteiger partial charge in [-0.15, -0.1) is 0 Å². The molecule has 3 rings (SSSR count). The highest BCUT2D eigenvalue weighted by Gasteiger charge is 2.28. The second kappa shape index (κ2) is 6.96.